The van der Waals surface area contributed by atoms with Crippen LogP contribution < -0.4 is 14.8 Å². The molecule has 144 valence electrons. The molecule has 2 N–H and O–H groups in total. The molecule has 0 aliphatic carbocycles. The van der Waals surface area contributed by atoms with E-state index in [4.69, 9.17) is 4.74 Å². The Bertz CT molecular complexity index is 1100. The van der Waals surface area contributed by atoms with Crippen LogP contribution in [-0.4, -0.2) is 30.5 Å². The Labute approximate surface area is 160 Å². The van der Waals surface area contributed by atoms with E-state index in [0.29, 0.717) is 0 Å². The first-order valence-corrected chi connectivity index (χ1v) is 9.82. The first kappa shape index (κ1) is 19.2. The fraction of sp³-hybridized carbons (Fsp3) is 0.0556. The van der Waals surface area contributed by atoms with Crippen molar-refractivity contribution in [2.75, 3.05) is 16.3 Å². The van der Waals surface area contributed by atoms with Crippen molar-refractivity contribution in [3.05, 3.63) is 72.3 Å². The molecule has 2 aromatic carbocycles. The molecule has 28 heavy (non-hydrogen) atoms. The molecule has 1 aromatic heterocycles. The van der Waals surface area contributed by atoms with Gasteiger partial charge in [-0.2, -0.15) is 0 Å². The lowest BCUT2D eigenvalue weighted by Gasteiger charge is -2.08. The minimum atomic E-state index is -3.45. The second-order valence-corrected chi connectivity index (χ2v) is 7.46. The van der Waals surface area contributed by atoms with Crippen molar-refractivity contribution in [3.8, 4) is 11.6 Å². The number of carbonyl (C=O) groups excluding carboxylic acids is 1. The summed E-state index contributed by atoms with van der Waals surface area (Å²) in [6.45, 7) is 0. The van der Waals surface area contributed by atoms with E-state index in [9.17, 15) is 17.6 Å². The summed E-state index contributed by atoms with van der Waals surface area (Å²) >= 11 is 0. The van der Waals surface area contributed by atoms with Crippen LogP contribution >= 0.6 is 0 Å². The standard InChI is InChI=1S/C18H15FN4O4S/c1-28(25,26)23-14-6-2-4-12(8-14)18(24)22-16-10-21-17(11-20-16)27-15-7-3-5-13(19)9-15/h2-11,23H,1H3,(H,20,22,24). The molecule has 0 aliphatic heterocycles. The molecule has 1 amide bonds. The summed E-state index contributed by atoms with van der Waals surface area (Å²) in [5.74, 6) is -0.380. The van der Waals surface area contributed by atoms with E-state index in [1.807, 2.05) is 0 Å². The number of amides is 1. The van der Waals surface area contributed by atoms with E-state index in [-0.39, 0.29) is 28.7 Å². The maximum absolute atomic E-state index is 13.2. The molecule has 3 rings (SSSR count). The van der Waals surface area contributed by atoms with Crippen LogP contribution in [0.25, 0.3) is 0 Å². The molecule has 10 heteroatoms. The van der Waals surface area contributed by atoms with Gasteiger partial charge < -0.3 is 10.1 Å². The van der Waals surface area contributed by atoms with Gasteiger partial charge in [0.1, 0.15) is 11.6 Å². The average molecular weight is 402 g/mol. The van der Waals surface area contributed by atoms with Crippen LogP contribution in [0.1, 0.15) is 10.4 Å². The lowest BCUT2D eigenvalue weighted by atomic mass is 10.2. The molecule has 1 heterocycles. The summed E-state index contributed by atoms with van der Waals surface area (Å²) < 4.78 is 43.4. The molecule has 0 saturated heterocycles. The maximum Gasteiger partial charge on any atom is 0.256 e. The Hall–Kier alpha value is -3.53. The number of nitrogens with one attached hydrogen (secondary N) is 2. The van der Waals surface area contributed by atoms with Crippen molar-refractivity contribution in [3.63, 3.8) is 0 Å². The van der Waals surface area contributed by atoms with Crippen LogP contribution in [0.5, 0.6) is 11.6 Å². The van der Waals surface area contributed by atoms with Gasteiger partial charge in [-0.25, -0.2) is 22.8 Å². The van der Waals surface area contributed by atoms with E-state index < -0.39 is 21.7 Å². The van der Waals surface area contributed by atoms with Gasteiger partial charge in [0.15, 0.2) is 5.82 Å². The second kappa shape index (κ2) is 8.01. The smallest absolute Gasteiger partial charge is 0.256 e. The van der Waals surface area contributed by atoms with E-state index in [1.165, 1.54) is 48.8 Å². The van der Waals surface area contributed by atoms with Crippen molar-refractivity contribution in [2.24, 2.45) is 0 Å². The molecule has 0 unspecified atom stereocenters. The first-order chi connectivity index (χ1) is 13.3. The molecular formula is C18H15FN4O4S. The number of halogens is 1. The van der Waals surface area contributed by atoms with Gasteiger partial charge in [-0.3, -0.25) is 9.52 Å². The van der Waals surface area contributed by atoms with Crippen LogP contribution in [0.4, 0.5) is 15.9 Å². The van der Waals surface area contributed by atoms with Crippen molar-refractivity contribution in [2.45, 2.75) is 0 Å². The highest BCUT2D eigenvalue weighted by molar-refractivity contribution is 7.92. The summed E-state index contributed by atoms with van der Waals surface area (Å²) in [4.78, 5) is 20.3. The quantitative estimate of drug-likeness (QED) is 0.656. The highest BCUT2D eigenvalue weighted by atomic mass is 32.2. The largest absolute Gasteiger partial charge is 0.437 e. The van der Waals surface area contributed by atoms with Gasteiger partial charge in [-0.15, -0.1) is 0 Å². The van der Waals surface area contributed by atoms with Gasteiger partial charge in [0.2, 0.25) is 15.9 Å². The summed E-state index contributed by atoms with van der Waals surface area (Å²) in [6, 6.07) is 11.5. The predicted octanol–water partition coefficient (Wildman–Crippen LogP) is 3.03. The highest BCUT2D eigenvalue weighted by Gasteiger charge is 2.10. The number of anilines is 2. The number of hydrogen-bond donors (Lipinski definition) is 2. The van der Waals surface area contributed by atoms with Gasteiger partial charge in [0.25, 0.3) is 5.91 Å². The number of aromatic nitrogens is 2. The highest BCUT2D eigenvalue weighted by Crippen LogP contribution is 2.20. The first-order valence-electron chi connectivity index (χ1n) is 7.93. The molecule has 8 nitrogen and oxygen atoms in total. The van der Waals surface area contributed by atoms with E-state index in [0.717, 1.165) is 6.26 Å². The zero-order chi connectivity index (χ0) is 20.1. The fourth-order valence-electron chi connectivity index (χ4n) is 2.21. The third-order valence-corrected chi connectivity index (χ3v) is 3.92. The Morgan fingerprint density at radius 1 is 1.07 bits per heavy atom. The Balaban J connectivity index is 1.67. The summed E-state index contributed by atoms with van der Waals surface area (Å²) in [5.41, 5.74) is 0.496. The van der Waals surface area contributed by atoms with Crippen molar-refractivity contribution < 1.29 is 22.3 Å². The average Bonchev–Trinajstić information content (AvgIpc) is 2.62. The number of sulfonamides is 1. The van der Waals surface area contributed by atoms with Crippen LogP contribution in [0.2, 0.25) is 0 Å². The number of nitrogens with zero attached hydrogens (tertiary/aromatic N) is 2. The van der Waals surface area contributed by atoms with Gasteiger partial charge in [0, 0.05) is 17.3 Å². The molecule has 0 fully saturated rings. The van der Waals surface area contributed by atoms with Gasteiger partial charge in [-0.05, 0) is 30.3 Å². The number of ether oxygens (including phenoxy) is 1. The molecular weight excluding hydrogens is 387 g/mol. The summed E-state index contributed by atoms with van der Waals surface area (Å²) in [7, 11) is -3.45. The van der Waals surface area contributed by atoms with E-state index in [2.05, 4.69) is 20.0 Å². The normalized spacial score (nSPS) is 10.9. The summed E-state index contributed by atoms with van der Waals surface area (Å²) in [6.07, 6.45) is 3.58. The third-order valence-electron chi connectivity index (χ3n) is 3.32. The van der Waals surface area contributed by atoms with Gasteiger partial charge in [-0.1, -0.05) is 12.1 Å². The zero-order valence-electron chi connectivity index (χ0n) is 14.6. The predicted molar refractivity (Wildman–Crippen MR) is 101 cm³/mol. The SMILES string of the molecule is CS(=O)(=O)Nc1cccc(C(=O)Nc2cnc(Oc3cccc(F)c3)cn2)c1. The summed E-state index contributed by atoms with van der Waals surface area (Å²) in [5, 5.41) is 2.54. The van der Waals surface area contributed by atoms with Crippen LogP contribution in [0, 0.1) is 5.82 Å². The third kappa shape index (κ3) is 5.48. The number of benzene rings is 2. The molecule has 3 aromatic rings. The monoisotopic (exact) mass is 402 g/mol. The molecule has 0 bridgehead atoms. The maximum atomic E-state index is 13.2. The lowest BCUT2D eigenvalue weighted by molar-refractivity contribution is 0.102. The van der Waals surface area contributed by atoms with Crippen LogP contribution in [0.3, 0.4) is 0 Å². The number of rotatable bonds is 6. The Morgan fingerprint density at radius 3 is 2.54 bits per heavy atom. The molecule has 0 aliphatic rings. The fourth-order valence-corrected chi connectivity index (χ4v) is 2.77. The number of carbonyl (C=O) groups is 1. The topological polar surface area (TPSA) is 110 Å². The minimum Gasteiger partial charge on any atom is -0.437 e. The van der Waals surface area contributed by atoms with Crippen molar-refractivity contribution in [1.29, 1.82) is 0 Å². The van der Waals surface area contributed by atoms with E-state index in [1.54, 1.807) is 12.1 Å². The van der Waals surface area contributed by atoms with Crippen molar-refractivity contribution >= 4 is 27.4 Å². The van der Waals surface area contributed by atoms with E-state index >= 15 is 0 Å². The van der Waals surface area contributed by atoms with Gasteiger partial charge >= 0.3 is 0 Å². The minimum absolute atomic E-state index is 0.128. The zero-order valence-corrected chi connectivity index (χ0v) is 15.4. The van der Waals surface area contributed by atoms with Crippen LogP contribution in [-0.2, 0) is 10.0 Å². The Morgan fingerprint density at radius 2 is 1.86 bits per heavy atom. The molecule has 0 radical (unpaired) electrons. The molecule has 0 spiro atoms. The lowest BCUT2D eigenvalue weighted by Crippen LogP contribution is -2.14. The van der Waals surface area contributed by atoms with Crippen molar-refractivity contribution in [1.82, 2.24) is 9.97 Å². The van der Waals surface area contributed by atoms with Gasteiger partial charge in [0.05, 0.1) is 18.6 Å². The number of hydrogen-bond acceptors (Lipinski definition) is 6. The Kier molecular flexibility index (Phi) is 5.50. The van der Waals surface area contributed by atoms with Crippen LogP contribution in [0.15, 0.2) is 60.9 Å². The molecule has 0 saturated carbocycles. The second-order valence-electron chi connectivity index (χ2n) is 5.71. The molecule has 0 atom stereocenters.